The minimum Gasteiger partial charge on any atom is -0.294 e. The van der Waals surface area contributed by atoms with E-state index in [0.717, 1.165) is 5.56 Å². The highest BCUT2D eigenvalue weighted by atomic mass is 35.5. The average Bonchev–Trinajstić information content (AvgIpc) is 2.32. The maximum Gasteiger partial charge on any atom is 0.131 e. The Morgan fingerprint density at radius 3 is 2.82 bits per heavy atom. The van der Waals surface area contributed by atoms with Gasteiger partial charge in [0, 0.05) is 18.3 Å². The van der Waals surface area contributed by atoms with Gasteiger partial charge in [0.2, 0.25) is 0 Å². The Kier molecular flexibility index (Phi) is 4.05. The summed E-state index contributed by atoms with van der Waals surface area (Å²) in [6, 6.07) is 3.31. The molecule has 2 heterocycles. The minimum absolute atomic E-state index is 0.521. The Balaban J connectivity index is 2.26. The van der Waals surface area contributed by atoms with Gasteiger partial charge in [0.25, 0.3) is 0 Å². The molecule has 0 spiro atoms. The van der Waals surface area contributed by atoms with Crippen molar-refractivity contribution in [2.45, 2.75) is 52.1 Å². The first-order chi connectivity index (χ1) is 8.09. The van der Waals surface area contributed by atoms with Crippen LogP contribution in [-0.2, 0) is 0 Å². The van der Waals surface area contributed by atoms with Crippen LogP contribution in [0.4, 0.5) is 0 Å². The summed E-state index contributed by atoms with van der Waals surface area (Å²) in [5.41, 5.74) is 2.40. The van der Waals surface area contributed by atoms with Crippen LogP contribution in [0, 0.1) is 6.92 Å². The predicted octanol–water partition coefficient (Wildman–Crippen LogP) is 3.98. The van der Waals surface area contributed by atoms with Gasteiger partial charge >= 0.3 is 0 Å². The molecule has 1 aromatic rings. The summed E-state index contributed by atoms with van der Waals surface area (Å²) in [6.45, 7) is 7.77. The molecule has 0 unspecified atom stereocenters. The van der Waals surface area contributed by atoms with Gasteiger partial charge in [-0.1, -0.05) is 18.0 Å². The normalized spacial score (nSPS) is 22.1. The number of hydrogen-bond donors (Lipinski definition) is 0. The van der Waals surface area contributed by atoms with E-state index in [2.05, 4.69) is 29.8 Å². The fraction of sp³-hybridized carbons (Fsp3) is 0.643. The summed E-state index contributed by atoms with van der Waals surface area (Å²) in [4.78, 5) is 6.86. The molecular weight excluding hydrogens is 232 g/mol. The highest BCUT2D eigenvalue weighted by Gasteiger charge is 2.26. The van der Waals surface area contributed by atoms with Gasteiger partial charge in [-0.15, -0.1) is 0 Å². The van der Waals surface area contributed by atoms with Crippen LogP contribution >= 0.6 is 11.6 Å². The molecule has 0 aromatic carbocycles. The third-order valence-corrected chi connectivity index (χ3v) is 4.02. The molecule has 17 heavy (non-hydrogen) atoms. The number of likely N-dealkylation sites (tertiary alicyclic amines) is 1. The van der Waals surface area contributed by atoms with Crippen LogP contribution in [-0.4, -0.2) is 22.5 Å². The Hall–Kier alpha value is -0.600. The second-order valence-electron chi connectivity index (χ2n) is 5.22. The lowest BCUT2D eigenvalue weighted by atomic mass is 9.94. The van der Waals surface area contributed by atoms with Crippen LogP contribution in [0.15, 0.2) is 12.3 Å². The van der Waals surface area contributed by atoms with E-state index < -0.39 is 0 Å². The molecule has 0 amide bonds. The molecule has 1 aliphatic rings. The topological polar surface area (TPSA) is 16.1 Å². The van der Waals surface area contributed by atoms with Crippen molar-refractivity contribution in [2.75, 3.05) is 6.54 Å². The molecule has 0 bridgehead atoms. The maximum atomic E-state index is 5.99. The molecule has 1 atom stereocenters. The highest BCUT2D eigenvalue weighted by Crippen LogP contribution is 2.33. The molecule has 2 nitrogen and oxygen atoms in total. The van der Waals surface area contributed by atoms with E-state index in [9.17, 15) is 0 Å². The van der Waals surface area contributed by atoms with Gasteiger partial charge in [-0.3, -0.25) is 4.90 Å². The zero-order valence-electron chi connectivity index (χ0n) is 10.9. The van der Waals surface area contributed by atoms with Gasteiger partial charge < -0.3 is 0 Å². The van der Waals surface area contributed by atoms with Gasteiger partial charge in [-0.05, 0) is 57.4 Å². The largest absolute Gasteiger partial charge is 0.294 e. The number of hydrogen-bond acceptors (Lipinski definition) is 2. The first-order valence-electron chi connectivity index (χ1n) is 6.47. The van der Waals surface area contributed by atoms with Crippen molar-refractivity contribution in [3.05, 3.63) is 28.5 Å². The van der Waals surface area contributed by atoms with E-state index in [4.69, 9.17) is 11.6 Å². The standard InChI is InChI=1S/C14H21ClN2/c1-10(2)17-7-5-4-6-13(17)12-8-11(3)14(15)16-9-12/h8-10,13H,4-7H2,1-3H3/t13-/m1/s1. The van der Waals surface area contributed by atoms with Crippen LogP contribution in [0.5, 0.6) is 0 Å². The van der Waals surface area contributed by atoms with Crippen LogP contribution < -0.4 is 0 Å². The Labute approximate surface area is 109 Å². The molecule has 0 aliphatic carbocycles. The van der Waals surface area contributed by atoms with Crippen molar-refractivity contribution in [2.24, 2.45) is 0 Å². The minimum atomic E-state index is 0.521. The molecule has 1 fully saturated rings. The van der Waals surface area contributed by atoms with Crippen LogP contribution in [0.2, 0.25) is 5.15 Å². The molecule has 1 saturated heterocycles. The van der Waals surface area contributed by atoms with Crippen molar-refractivity contribution in [3.63, 3.8) is 0 Å². The Bertz CT molecular complexity index is 390. The first-order valence-corrected chi connectivity index (χ1v) is 6.85. The summed E-state index contributed by atoms with van der Waals surface area (Å²) >= 11 is 5.99. The van der Waals surface area contributed by atoms with Crippen LogP contribution in [0.1, 0.15) is 50.3 Å². The van der Waals surface area contributed by atoms with Crippen molar-refractivity contribution >= 4 is 11.6 Å². The quantitative estimate of drug-likeness (QED) is 0.741. The number of piperidine rings is 1. The summed E-state index contributed by atoms with van der Waals surface area (Å²) in [5, 5.41) is 0.626. The van der Waals surface area contributed by atoms with Gasteiger partial charge in [-0.2, -0.15) is 0 Å². The molecule has 3 heteroatoms. The molecule has 1 aromatic heterocycles. The summed E-state index contributed by atoms with van der Waals surface area (Å²) in [6.07, 6.45) is 5.81. The molecule has 94 valence electrons. The fourth-order valence-corrected chi connectivity index (χ4v) is 2.80. The van der Waals surface area contributed by atoms with Gasteiger partial charge in [0.1, 0.15) is 5.15 Å². The summed E-state index contributed by atoms with van der Waals surface area (Å²) in [5.74, 6) is 0. The number of halogens is 1. The monoisotopic (exact) mass is 252 g/mol. The lowest BCUT2D eigenvalue weighted by molar-refractivity contribution is 0.112. The zero-order valence-corrected chi connectivity index (χ0v) is 11.7. The second kappa shape index (κ2) is 5.36. The SMILES string of the molecule is Cc1cc([C@H]2CCCCN2C(C)C)cnc1Cl. The Morgan fingerprint density at radius 1 is 1.41 bits per heavy atom. The van der Waals surface area contributed by atoms with Crippen molar-refractivity contribution in [1.29, 1.82) is 0 Å². The Morgan fingerprint density at radius 2 is 2.18 bits per heavy atom. The molecule has 0 radical (unpaired) electrons. The van der Waals surface area contributed by atoms with Crippen molar-refractivity contribution < 1.29 is 0 Å². The first kappa shape index (κ1) is 12.8. The van der Waals surface area contributed by atoms with Crippen molar-refractivity contribution in [3.8, 4) is 0 Å². The fourth-order valence-electron chi connectivity index (χ4n) is 2.69. The average molecular weight is 253 g/mol. The van der Waals surface area contributed by atoms with E-state index in [1.165, 1.54) is 31.4 Å². The van der Waals surface area contributed by atoms with E-state index in [1.807, 2.05) is 13.1 Å². The third-order valence-electron chi connectivity index (χ3n) is 3.63. The number of aryl methyl sites for hydroxylation is 1. The van der Waals surface area contributed by atoms with E-state index >= 15 is 0 Å². The lowest BCUT2D eigenvalue weighted by Crippen LogP contribution is -2.38. The lowest BCUT2D eigenvalue weighted by Gasteiger charge is -2.38. The molecule has 2 rings (SSSR count). The van der Waals surface area contributed by atoms with E-state index in [1.54, 1.807) is 0 Å². The zero-order chi connectivity index (χ0) is 12.4. The maximum absolute atomic E-state index is 5.99. The van der Waals surface area contributed by atoms with Gasteiger partial charge in [0.05, 0.1) is 0 Å². The predicted molar refractivity (Wildman–Crippen MR) is 72.4 cm³/mol. The number of rotatable bonds is 2. The van der Waals surface area contributed by atoms with Crippen molar-refractivity contribution in [1.82, 2.24) is 9.88 Å². The van der Waals surface area contributed by atoms with E-state index in [0.29, 0.717) is 17.2 Å². The number of nitrogens with zero attached hydrogens (tertiary/aromatic N) is 2. The second-order valence-corrected chi connectivity index (χ2v) is 5.58. The molecule has 1 aliphatic heterocycles. The molecular formula is C14H21ClN2. The van der Waals surface area contributed by atoms with E-state index in [-0.39, 0.29) is 0 Å². The number of pyridine rings is 1. The molecule has 0 N–H and O–H groups in total. The van der Waals surface area contributed by atoms with Gasteiger partial charge in [-0.25, -0.2) is 4.98 Å². The summed E-state index contributed by atoms with van der Waals surface area (Å²) in [7, 11) is 0. The third kappa shape index (κ3) is 2.80. The van der Waals surface area contributed by atoms with Crippen LogP contribution in [0.3, 0.4) is 0 Å². The number of aromatic nitrogens is 1. The summed E-state index contributed by atoms with van der Waals surface area (Å²) < 4.78 is 0. The smallest absolute Gasteiger partial charge is 0.131 e. The van der Waals surface area contributed by atoms with Crippen LogP contribution in [0.25, 0.3) is 0 Å². The van der Waals surface area contributed by atoms with Gasteiger partial charge in [0.15, 0.2) is 0 Å². The molecule has 0 saturated carbocycles. The highest BCUT2D eigenvalue weighted by molar-refractivity contribution is 6.30.